The molecule has 0 spiro atoms. The van der Waals surface area contributed by atoms with Crippen LogP contribution in [0.15, 0.2) is 18.2 Å². The minimum atomic E-state index is -0.392. The van der Waals surface area contributed by atoms with Crippen LogP contribution >= 0.6 is 0 Å². The van der Waals surface area contributed by atoms with Crippen molar-refractivity contribution in [3.63, 3.8) is 0 Å². The first-order valence-electron chi connectivity index (χ1n) is 7.11. The second-order valence-electron chi connectivity index (χ2n) is 5.50. The summed E-state index contributed by atoms with van der Waals surface area (Å²) in [7, 11) is 0. The van der Waals surface area contributed by atoms with Crippen LogP contribution in [0.5, 0.6) is 5.75 Å². The summed E-state index contributed by atoms with van der Waals surface area (Å²) < 4.78 is 5.50. The molecule has 1 N–H and O–H groups in total. The van der Waals surface area contributed by atoms with Gasteiger partial charge in [-0.2, -0.15) is 0 Å². The largest absolute Gasteiger partial charge is 0.493 e. The molecule has 0 bridgehead atoms. The van der Waals surface area contributed by atoms with Gasteiger partial charge in [-0.15, -0.1) is 0 Å². The molecule has 0 aliphatic heterocycles. The van der Waals surface area contributed by atoms with E-state index in [-0.39, 0.29) is 11.7 Å². The molecule has 0 aliphatic rings. The molecule has 5 nitrogen and oxygen atoms in total. The van der Waals surface area contributed by atoms with Gasteiger partial charge < -0.3 is 10.1 Å². The quantitative estimate of drug-likeness (QED) is 0.571. The number of non-ortho nitro benzene ring substituents is 1. The summed E-state index contributed by atoms with van der Waals surface area (Å²) in [5.74, 6) is 1.12. The number of rotatable bonds is 8. The molecule has 1 aromatic rings. The lowest BCUT2D eigenvalue weighted by Crippen LogP contribution is -2.17. The monoisotopic (exact) mass is 280 g/mol. The summed E-state index contributed by atoms with van der Waals surface area (Å²) in [6, 6.07) is 5.10. The number of nitro benzene ring substituents is 1. The third kappa shape index (κ3) is 5.47. The lowest BCUT2D eigenvalue weighted by molar-refractivity contribution is -0.384. The van der Waals surface area contributed by atoms with Gasteiger partial charge in [0.05, 0.1) is 17.6 Å². The first kappa shape index (κ1) is 16.3. The molecule has 0 amide bonds. The molecular formula is C15H24N2O3. The highest BCUT2D eigenvalue weighted by Crippen LogP contribution is 2.27. The molecule has 20 heavy (non-hydrogen) atoms. The molecule has 1 aromatic carbocycles. The Morgan fingerprint density at radius 1 is 1.30 bits per heavy atom. The Morgan fingerprint density at radius 2 is 2.00 bits per heavy atom. The fourth-order valence-corrected chi connectivity index (χ4v) is 2.13. The van der Waals surface area contributed by atoms with E-state index in [9.17, 15) is 10.1 Å². The van der Waals surface area contributed by atoms with E-state index in [1.807, 2.05) is 13.0 Å². The number of hydrogen-bond donors (Lipinski definition) is 1. The summed E-state index contributed by atoms with van der Waals surface area (Å²) in [6.45, 7) is 8.94. The first-order chi connectivity index (χ1) is 9.42. The molecule has 0 heterocycles. The average Bonchev–Trinajstić information content (AvgIpc) is 2.34. The number of nitrogens with one attached hydrogen (secondary N) is 1. The highest BCUT2D eigenvalue weighted by molar-refractivity contribution is 5.56. The first-order valence-corrected chi connectivity index (χ1v) is 7.11. The molecule has 0 fully saturated rings. The highest BCUT2D eigenvalue weighted by atomic mass is 16.6. The highest BCUT2D eigenvalue weighted by Gasteiger charge is 2.12. The lowest BCUT2D eigenvalue weighted by atomic mass is 10.1. The van der Waals surface area contributed by atoms with E-state index < -0.39 is 4.92 Å². The number of anilines is 1. The van der Waals surface area contributed by atoms with E-state index in [4.69, 9.17) is 4.74 Å². The maximum atomic E-state index is 11.0. The topological polar surface area (TPSA) is 64.4 Å². The average molecular weight is 280 g/mol. The number of nitrogens with zero attached hydrogens (tertiary/aromatic N) is 1. The number of hydrogen-bond acceptors (Lipinski definition) is 4. The predicted octanol–water partition coefficient (Wildman–Crippen LogP) is 4.23. The van der Waals surface area contributed by atoms with Crippen molar-refractivity contribution in [3.05, 3.63) is 28.3 Å². The minimum absolute atomic E-state index is 0.0536. The van der Waals surface area contributed by atoms with Gasteiger partial charge in [0.2, 0.25) is 0 Å². The summed E-state index contributed by atoms with van der Waals surface area (Å²) in [5, 5.41) is 14.3. The molecule has 112 valence electrons. The van der Waals surface area contributed by atoms with Crippen LogP contribution in [0.2, 0.25) is 0 Å². The van der Waals surface area contributed by atoms with Gasteiger partial charge in [-0.1, -0.05) is 20.8 Å². The number of nitro groups is 1. The van der Waals surface area contributed by atoms with Gasteiger partial charge in [-0.25, -0.2) is 0 Å². The van der Waals surface area contributed by atoms with E-state index in [2.05, 4.69) is 26.1 Å². The number of ether oxygens (including phenoxy) is 1. The molecule has 0 saturated carbocycles. The standard InChI is InChI=1S/C15H24N2O3/c1-5-6-20-15-9-13(8-14(10-15)17(18)19)16-12(4)7-11(2)3/h8-12,16H,5-7H2,1-4H3. The van der Waals surface area contributed by atoms with Gasteiger partial charge in [0.25, 0.3) is 5.69 Å². The maximum Gasteiger partial charge on any atom is 0.275 e. The Balaban J connectivity index is 2.87. The molecule has 0 aliphatic carbocycles. The summed E-state index contributed by atoms with van der Waals surface area (Å²) in [6.07, 6.45) is 1.88. The van der Waals surface area contributed by atoms with Crippen LogP contribution in [0.3, 0.4) is 0 Å². The van der Waals surface area contributed by atoms with Crippen molar-refractivity contribution in [2.24, 2.45) is 5.92 Å². The van der Waals surface area contributed by atoms with Gasteiger partial charge in [0.1, 0.15) is 5.75 Å². The van der Waals surface area contributed by atoms with E-state index in [0.717, 1.165) is 18.5 Å². The van der Waals surface area contributed by atoms with Crippen molar-refractivity contribution < 1.29 is 9.66 Å². The van der Waals surface area contributed by atoms with Crippen LogP contribution in [0, 0.1) is 16.0 Å². The zero-order chi connectivity index (χ0) is 15.1. The molecular weight excluding hydrogens is 256 g/mol. The van der Waals surface area contributed by atoms with Crippen LogP contribution in [0.4, 0.5) is 11.4 Å². The van der Waals surface area contributed by atoms with Crippen molar-refractivity contribution in [2.45, 2.75) is 46.6 Å². The minimum Gasteiger partial charge on any atom is -0.493 e. The zero-order valence-corrected chi connectivity index (χ0v) is 12.7. The molecule has 1 rings (SSSR count). The van der Waals surface area contributed by atoms with Gasteiger partial charge in [-0.3, -0.25) is 10.1 Å². The molecule has 5 heteroatoms. The Kier molecular flexibility index (Phi) is 6.28. The SMILES string of the molecule is CCCOc1cc(NC(C)CC(C)C)cc([N+](=O)[O-])c1. The predicted molar refractivity (Wildman–Crippen MR) is 81.4 cm³/mol. The van der Waals surface area contributed by atoms with E-state index >= 15 is 0 Å². The number of benzene rings is 1. The van der Waals surface area contributed by atoms with Crippen molar-refractivity contribution in [2.75, 3.05) is 11.9 Å². The lowest BCUT2D eigenvalue weighted by Gasteiger charge is -2.17. The third-order valence-electron chi connectivity index (χ3n) is 2.81. The molecule has 0 radical (unpaired) electrons. The van der Waals surface area contributed by atoms with Crippen LogP contribution in [-0.4, -0.2) is 17.6 Å². The van der Waals surface area contributed by atoms with E-state index in [0.29, 0.717) is 18.3 Å². The fraction of sp³-hybridized carbons (Fsp3) is 0.600. The van der Waals surface area contributed by atoms with Crippen LogP contribution < -0.4 is 10.1 Å². The van der Waals surface area contributed by atoms with Crippen LogP contribution in [0.1, 0.15) is 40.5 Å². The van der Waals surface area contributed by atoms with Crippen molar-refractivity contribution >= 4 is 11.4 Å². The van der Waals surface area contributed by atoms with Crippen LogP contribution in [-0.2, 0) is 0 Å². The molecule has 1 atom stereocenters. The molecule has 0 aromatic heterocycles. The van der Waals surface area contributed by atoms with Gasteiger partial charge >= 0.3 is 0 Å². The van der Waals surface area contributed by atoms with E-state index in [1.165, 1.54) is 6.07 Å². The third-order valence-corrected chi connectivity index (χ3v) is 2.81. The molecule has 1 unspecified atom stereocenters. The maximum absolute atomic E-state index is 11.0. The molecule has 0 saturated heterocycles. The Morgan fingerprint density at radius 3 is 2.55 bits per heavy atom. The summed E-state index contributed by atoms with van der Waals surface area (Å²) in [4.78, 5) is 10.6. The van der Waals surface area contributed by atoms with Gasteiger partial charge in [0.15, 0.2) is 0 Å². The Labute approximate surface area is 120 Å². The summed E-state index contributed by atoms with van der Waals surface area (Å²) >= 11 is 0. The van der Waals surface area contributed by atoms with Crippen LogP contribution in [0.25, 0.3) is 0 Å². The summed E-state index contributed by atoms with van der Waals surface area (Å²) in [5.41, 5.74) is 0.788. The van der Waals surface area contributed by atoms with Gasteiger partial charge in [0, 0.05) is 23.9 Å². The Bertz CT molecular complexity index is 447. The second-order valence-corrected chi connectivity index (χ2v) is 5.50. The normalized spacial score (nSPS) is 12.2. The van der Waals surface area contributed by atoms with Crippen molar-refractivity contribution in [1.82, 2.24) is 0 Å². The zero-order valence-electron chi connectivity index (χ0n) is 12.7. The Hall–Kier alpha value is -1.78. The fourth-order valence-electron chi connectivity index (χ4n) is 2.13. The van der Waals surface area contributed by atoms with Crippen molar-refractivity contribution in [1.29, 1.82) is 0 Å². The smallest absolute Gasteiger partial charge is 0.275 e. The van der Waals surface area contributed by atoms with Gasteiger partial charge in [-0.05, 0) is 25.7 Å². The second kappa shape index (κ2) is 7.72. The van der Waals surface area contributed by atoms with E-state index in [1.54, 1.807) is 6.07 Å². The van der Waals surface area contributed by atoms with Crippen molar-refractivity contribution in [3.8, 4) is 5.75 Å².